The summed E-state index contributed by atoms with van der Waals surface area (Å²) in [6, 6.07) is 0. The van der Waals surface area contributed by atoms with Crippen LogP contribution >= 0.6 is 0 Å². The van der Waals surface area contributed by atoms with E-state index in [9.17, 15) is 13.2 Å². The van der Waals surface area contributed by atoms with Crippen LogP contribution in [0.5, 0.6) is 0 Å². The van der Waals surface area contributed by atoms with Gasteiger partial charge in [0.2, 0.25) is 0 Å². The lowest BCUT2D eigenvalue weighted by atomic mass is 10.0. The van der Waals surface area contributed by atoms with Gasteiger partial charge in [0.1, 0.15) is 0 Å². The molecule has 0 aliphatic carbocycles. The van der Waals surface area contributed by atoms with E-state index in [0.717, 1.165) is 26.4 Å². The first-order chi connectivity index (χ1) is 11.0. The van der Waals surface area contributed by atoms with Crippen LogP contribution < -0.4 is 5.73 Å². The molecule has 0 bridgehead atoms. The van der Waals surface area contributed by atoms with Gasteiger partial charge >= 0.3 is 0 Å². The predicted octanol–water partition coefficient (Wildman–Crippen LogP) is 3.56. The second kappa shape index (κ2) is 13.9. The molecule has 0 aliphatic rings. The van der Waals surface area contributed by atoms with E-state index in [-0.39, 0.29) is 18.7 Å². The number of Topliss-reactive ketones (excluding diaryl/α,β-unsaturated/α-hetero) is 1. The molecule has 0 rings (SSSR count). The summed E-state index contributed by atoms with van der Waals surface area (Å²) in [7, 11) is -2.79. The summed E-state index contributed by atoms with van der Waals surface area (Å²) >= 11 is 0. The highest BCUT2D eigenvalue weighted by Gasteiger charge is 2.30. The van der Waals surface area contributed by atoms with Crippen LogP contribution in [0.4, 0.5) is 0 Å². The molecule has 0 aromatic heterocycles. The van der Waals surface area contributed by atoms with Gasteiger partial charge in [-0.15, -0.1) is 0 Å². The van der Waals surface area contributed by atoms with Crippen molar-refractivity contribution >= 4 is 15.9 Å². The van der Waals surface area contributed by atoms with E-state index in [0.29, 0.717) is 0 Å². The fourth-order valence-electron chi connectivity index (χ4n) is 2.65. The molecule has 0 aliphatic heterocycles. The molecule has 138 valence electrons. The molecule has 1 atom stereocenters. The Hall–Kier alpha value is -0.460. The minimum Gasteiger partial charge on any atom is -0.329 e. The van der Waals surface area contributed by atoms with Gasteiger partial charge in [0.25, 0.3) is 10.1 Å². The zero-order valence-corrected chi connectivity index (χ0v) is 15.7. The lowest BCUT2D eigenvalue weighted by Gasteiger charge is -2.12. The molecule has 0 saturated heterocycles. The molecule has 0 fully saturated rings. The lowest BCUT2D eigenvalue weighted by molar-refractivity contribution is -0.118. The Bertz CT molecular complexity index is 395. The van der Waals surface area contributed by atoms with Crippen molar-refractivity contribution < 1.29 is 17.4 Å². The molecule has 5 nitrogen and oxygen atoms in total. The Morgan fingerprint density at radius 2 is 1.35 bits per heavy atom. The molecule has 0 saturated carbocycles. The molecule has 0 spiro atoms. The van der Waals surface area contributed by atoms with Gasteiger partial charge < -0.3 is 5.73 Å². The average molecular weight is 350 g/mol. The monoisotopic (exact) mass is 349 g/mol. The van der Waals surface area contributed by atoms with Crippen LogP contribution in [0.25, 0.3) is 0 Å². The van der Waals surface area contributed by atoms with Gasteiger partial charge in [-0.1, -0.05) is 71.1 Å². The Balaban J connectivity index is 3.62. The summed E-state index contributed by atoms with van der Waals surface area (Å²) in [4.78, 5) is 11.9. The largest absolute Gasteiger partial charge is 0.329 e. The second-order valence-electron chi connectivity index (χ2n) is 6.14. The summed E-state index contributed by atoms with van der Waals surface area (Å²) in [6.45, 7) is 2.01. The van der Waals surface area contributed by atoms with Crippen LogP contribution in [0.1, 0.15) is 84.0 Å². The number of carbonyl (C=O) groups is 1. The van der Waals surface area contributed by atoms with Crippen molar-refractivity contribution in [2.24, 2.45) is 5.73 Å². The van der Waals surface area contributed by atoms with Crippen LogP contribution in [-0.4, -0.2) is 33.1 Å². The van der Waals surface area contributed by atoms with Gasteiger partial charge in [-0.3, -0.25) is 8.98 Å². The summed E-state index contributed by atoms with van der Waals surface area (Å²) in [5, 5.41) is -1.21. The van der Waals surface area contributed by atoms with Crippen molar-refractivity contribution in [3.05, 3.63) is 0 Å². The van der Waals surface area contributed by atoms with Gasteiger partial charge in [0.05, 0.1) is 7.11 Å². The summed E-state index contributed by atoms with van der Waals surface area (Å²) < 4.78 is 27.5. The highest BCUT2D eigenvalue weighted by atomic mass is 32.2. The highest BCUT2D eigenvalue weighted by Crippen LogP contribution is 2.13. The summed E-state index contributed by atoms with van der Waals surface area (Å²) in [5.41, 5.74) is 5.38. The number of hydrogen-bond donors (Lipinski definition) is 1. The Kier molecular flexibility index (Phi) is 13.7. The van der Waals surface area contributed by atoms with Crippen LogP contribution in [0.2, 0.25) is 0 Å². The third-order valence-corrected chi connectivity index (χ3v) is 5.80. The summed E-state index contributed by atoms with van der Waals surface area (Å²) in [5.74, 6) is -0.328. The van der Waals surface area contributed by atoms with Crippen molar-refractivity contribution in [2.45, 2.75) is 89.2 Å². The van der Waals surface area contributed by atoms with Crippen LogP contribution in [-0.2, 0) is 19.1 Å². The van der Waals surface area contributed by atoms with Crippen molar-refractivity contribution in [3.63, 3.8) is 0 Å². The van der Waals surface area contributed by atoms with E-state index >= 15 is 0 Å². The first-order valence-electron chi connectivity index (χ1n) is 9.01. The number of nitrogens with two attached hydrogens (primary N) is 1. The maximum Gasteiger partial charge on any atom is 0.278 e. The van der Waals surface area contributed by atoms with Crippen molar-refractivity contribution in [2.75, 3.05) is 13.7 Å². The maximum atomic E-state index is 11.9. The number of hydrogen-bond acceptors (Lipinski definition) is 5. The fourth-order valence-corrected chi connectivity index (χ4v) is 3.56. The smallest absolute Gasteiger partial charge is 0.278 e. The SMILES string of the molecule is CCCCCCCCCCCCCC(=O)C(CN)S(=O)(=O)OC. The van der Waals surface area contributed by atoms with Gasteiger partial charge in [0.15, 0.2) is 11.0 Å². The Morgan fingerprint density at radius 1 is 0.913 bits per heavy atom. The molecule has 0 aromatic rings. The molecular formula is C17H35NO4S. The highest BCUT2D eigenvalue weighted by molar-refractivity contribution is 7.88. The molecule has 6 heteroatoms. The number of carbonyl (C=O) groups excluding carboxylic acids is 1. The average Bonchev–Trinajstić information content (AvgIpc) is 2.53. The second-order valence-corrected chi connectivity index (χ2v) is 8.02. The van der Waals surface area contributed by atoms with Gasteiger partial charge in [-0.2, -0.15) is 8.42 Å². The van der Waals surface area contributed by atoms with Crippen molar-refractivity contribution in [1.82, 2.24) is 0 Å². The molecule has 0 heterocycles. The van der Waals surface area contributed by atoms with Gasteiger partial charge in [0, 0.05) is 13.0 Å². The molecule has 0 radical (unpaired) electrons. The third kappa shape index (κ3) is 10.8. The van der Waals surface area contributed by atoms with Crippen LogP contribution in [0.15, 0.2) is 0 Å². The van der Waals surface area contributed by atoms with E-state index in [4.69, 9.17) is 5.73 Å². The zero-order valence-electron chi connectivity index (χ0n) is 14.9. The number of rotatable bonds is 16. The van der Waals surface area contributed by atoms with Gasteiger partial charge in [-0.05, 0) is 6.42 Å². The normalized spacial score (nSPS) is 13.2. The topological polar surface area (TPSA) is 86.5 Å². The van der Waals surface area contributed by atoms with E-state index in [1.165, 1.54) is 51.4 Å². The molecular weight excluding hydrogens is 314 g/mol. The fraction of sp³-hybridized carbons (Fsp3) is 0.941. The quantitative estimate of drug-likeness (QED) is 0.340. The predicted molar refractivity (Wildman–Crippen MR) is 94.9 cm³/mol. The van der Waals surface area contributed by atoms with Crippen LogP contribution in [0, 0.1) is 0 Å². The Labute approximate surface area is 142 Å². The third-order valence-electron chi connectivity index (χ3n) is 4.18. The molecule has 1 unspecified atom stereocenters. The van der Waals surface area contributed by atoms with Gasteiger partial charge in [-0.25, -0.2) is 0 Å². The van der Waals surface area contributed by atoms with Crippen LogP contribution in [0.3, 0.4) is 0 Å². The summed E-state index contributed by atoms with van der Waals surface area (Å²) in [6.07, 6.45) is 13.5. The van der Waals surface area contributed by atoms with Crippen molar-refractivity contribution in [1.29, 1.82) is 0 Å². The molecule has 23 heavy (non-hydrogen) atoms. The van der Waals surface area contributed by atoms with E-state index in [1.54, 1.807) is 0 Å². The zero-order chi connectivity index (χ0) is 17.6. The molecule has 0 aromatic carbocycles. The standard InChI is InChI=1S/C17H35NO4S/c1-3-4-5-6-7-8-9-10-11-12-13-14-16(19)17(15-18)23(20,21)22-2/h17H,3-15,18H2,1-2H3. The van der Waals surface area contributed by atoms with E-state index < -0.39 is 15.4 Å². The minimum atomic E-state index is -3.85. The minimum absolute atomic E-state index is 0.215. The number of unbranched alkanes of at least 4 members (excludes halogenated alkanes) is 10. The lowest BCUT2D eigenvalue weighted by Crippen LogP contribution is -2.37. The molecule has 0 amide bonds. The van der Waals surface area contributed by atoms with E-state index in [2.05, 4.69) is 11.1 Å². The first-order valence-corrected chi connectivity index (χ1v) is 10.5. The molecule has 2 N–H and O–H groups in total. The van der Waals surface area contributed by atoms with Crippen molar-refractivity contribution in [3.8, 4) is 0 Å². The van der Waals surface area contributed by atoms with E-state index in [1.807, 2.05) is 0 Å². The first kappa shape index (κ1) is 22.5. The Morgan fingerprint density at radius 3 is 1.74 bits per heavy atom. The maximum absolute atomic E-state index is 11.9. The number of ketones is 1.